The number of anilines is 1. The Balaban J connectivity index is 2.04. The SMILES string of the molecule is CCCCCCCCCOS(=O)(=O)c1c(NCC)ccc2ccccc12. The van der Waals surface area contributed by atoms with E-state index >= 15 is 0 Å². The lowest BCUT2D eigenvalue weighted by molar-refractivity contribution is 0.306. The zero-order valence-corrected chi connectivity index (χ0v) is 16.8. The molecule has 0 bridgehead atoms. The molecule has 0 saturated heterocycles. The largest absolute Gasteiger partial charge is 0.384 e. The van der Waals surface area contributed by atoms with E-state index in [2.05, 4.69) is 12.2 Å². The van der Waals surface area contributed by atoms with Crippen LogP contribution in [-0.4, -0.2) is 21.6 Å². The standard InChI is InChI=1S/C21H31NO3S/c1-3-5-6-7-8-9-12-17-25-26(23,24)21-19-14-11-10-13-18(19)15-16-20(21)22-4-2/h10-11,13-16,22H,3-9,12,17H2,1-2H3. The molecule has 0 aliphatic carbocycles. The van der Waals surface area contributed by atoms with Gasteiger partial charge in [-0.3, -0.25) is 4.18 Å². The summed E-state index contributed by atoms with van der Waals surface area (Å²) in [7, 11) is -3.80. The minimum Gasteiger partial charge on any atom is -0.384 e. The van der Waals surface area contributed by atoms with Gasteiger partial charge in [0.1, 0.15) is 4.90 Å². The topological polar surface area (TPSA) is 55.4 Å². The Morgan fingerprint density at radius 2 is 1.58 bits per heavy atom. The molecule has 1 N–H and O–H groups in total. The van der Waals surface area contributed by atoms with Crippen molar-refractivity contribution in [3.05, 3.63) is 36.4 Å². The van der Waals surface area contributed by atoms with Crippen molar-refractivity contribution in [2.24, 2.45) is 0 Å². The van der Waals surface area contributed by atoms with Crippen LogP contribution in [0, 0.1) is 0 Å². The van der Waals surface area contributed by atoms with Crippen molar-refractivity contribution in [1.29, 1.82) is 0 Å². The maximum Gasteiger partial charge on any atom is 0.299 e. The molecule has 0 amide bonds. The van der Waals surface area contributed by atoms with Crippen LogP contribution in [0.25, 0.3) is 10.8 Å². The van der Waals surface area contributed by atoms with Crippen molar-refractivity contribution in [2.45, 2.75) is 63.7 Å². The van der Waals surface area contributed by atoms with Crippen LogP contribution in [0.3, 0.4) is 0 Å². The number of hydrogen-bond acceptors (Lipinski definition) is 4. The van der Waals surface area contributed by atoms with Gasteiger partial charge in [0.25, 0.3) is 10.1 Å². The quantitative estimate of drug-likeness (QED) is 0.379. The summed E-state index contributed by atoms with van der Waals surface area (Å²) in [6.07, 6.45) is 7.91. The molecule has 0 fully saturated rings. The molecule has 2 aromatic rings. The number of fused-ring (bicyclic) bond motifs is 1. The van der Waals surface area contributed by atoms with Crippen molar-refractivity contribution in [3.63, 3.8) is 0 Å². The molecular formula is C21H31NO3S. The summed E-state index contributed by atoms with van der Waals surface area (Å²) in [6, 6.07) is 11.3. The van der Waals surface area contributed by atoms with Crippen molar-refractivity contribution in [2.75, 3.05) is 18.5 Å². The van der Waals surface area contributed by atoms with Gasteiger partial charge in [0, 0.05) is 11.9 Å². The first-order valence-electron chi connectivity index (χ1n) is 9.75. The van der Waals surface area contributed by atoms with E-state index in [1.165, 1.54) is 25.7 Å². The molecule has 2 rings (SSSR count). The van der Waals surface area contributed by atoms with Crippen LogP contribution >= 0.6 is 0 Å². The zero-order valence-electron chi connectivity index (χ0n) is 16.0. The smallest absolute Gasteiger partial charge is 0.299 e. The van der Waals surface area contributed by atoms with Crippen molar-refractivity contribution in [1.82, 2.24) is 0 Å². The number of benzene rings is 2. The van der Waals surface area contributed by atoms with Crippen LogP contribution in [-0.2, 0) is 14.3 Å². The fourth-order valence-corrected chi connectivity index (χ4v) is 4.45. The van der Waals surface area contributed by atoms with Crippen LogP contribution in [0.15, 0.2) is 41.3 Å². The Labute approximate surface area is 158 Å². The molecular weight excluding hydrogens is 346 g/mol. The molecule has 5 heteroatoms. The first kappa shape index (κ1) is 20.7. The highest BCUT2D eigenvalue weighted by atomic mass is 32.2. The minimum atomic E-state index is -3.80. The van der Waals surface area contributed by atoms with Gasteiger partial charge in [0.15, 0.2) is 0 Å². The molecule has 0 heterocycles. The second kappa shape index (κ2) is 10.5. The summed E-state index contributed by atoms with van der Waals surface area (Å²) < 4.78 is 31.1. The summed E-state index contributed by atoms with van der Waals surface area (Å²) in [5.41, 5.74) is 0.603. The van der Waals surface area contributed by atoms with Gasteiger partial charge in [-0.25, -0.2) is 0 Å². The average Bonchev–Trinajstić information content (AvgIpc) is 2.63. The van der Waals surface area contributed by atoms with E-state index in [0.717, 1.165) is 24.6 Å². The lowest BCUT2D eigenvalue weighted by Crippen LogP contribution is -2.12. The summed E-state index contributed by atoms with van der Waals surface area (Å²) >= 11 is 0. The van der Waals surface area contributed by atoms with Crippen molar-refractivity contribution >= 4 is 26.6 Å². The highest BCUT2D eigenvalue weighted by molar-refractivity contribution is 7.87. The van der Waals surface area contributed by atoms with E-state index in [1.807, 2.05) is 43.3 Å². The van der Waals surface area contributed by atoms with Gasteiger partial charge >= 0.3 is 0 Å². The lowest BCUT2D eigenvalue weighted by Gasteiger charge is -2.14. The third kappa shape index (κ3) is 5.71. The van der Waals surface area contributed by atoms with E-state index in [1.54, 1.807) is 0 Å². The Kier molecular flexibility index (Phi) is 8.39. The monoisotopic (exact) mass is 377 g/mol. The fraction of sp³-hybridized carbons (Fsp3) is 0.524. The van der Waals surface area contributed by atoms with Crippen LogP contribution in [0.4, 0.5) is 5.69 Å². The molecule has 4 nitrogen and oxygen atoms in total. The second-order valence-electron chi connectivity index (χ2n) is 6.59. The molecule has 2 aromatic carbocycles. The molecule has 0 aromatic heterocycles. The van der Waals surface area contributed by atoms with E-state index in [0.29, 0.717) is 17.6 Å². The Bertz CT molecular complexity index is 787. The van der Waals surface area contributed by atoms with Gasteiger partial charge in [-0.2, -0.15) is 8.42 Å². The van der Waals surface area contributed by atoms with E-state index in [-0.39, 0.29) is 11.5 Å². The van der Waals surface area contributed by atoms with Crippen LogP contribution < -0.4 is 5.32 Å². The highest BCUT2D eigenvalue weighted by Crippen LogP contribution is 2.32. The van der Waals surface area contributed by atoms with Crippen molar-refractivity contribution in [3.8, 4) is 0 Å². The maximum absolute atomic E-state index is 12.9. The Hall–Kier alpha value is -1.59. The molecule has 0 aliphatic rings. The molecule has 0 saturated carbocycles. The summed E-state index contributed by atoms with van der Waals surface area (Å²) in [5, 5.41) is 4.74. The predicted molar refractivity (Wildman–Crippen MR) is 109 cm³/mol. The van der Waals surface area contributed by atoms with Crippen LogP contribution in [0.1, 0.15) is 58.8 Å². The summed E-state index contributed by atoms with van der Waals surface area (Å²) in [6.45, 7) is 5.04. The van der Waals surface area contributed by atoms with Gasteiger partial charge < -0.3 is 5.32 Å². The van der Waals surface area contributed by atoms with E-state index in [9.17, 15) is 8.42 Å². The Morgan fingerprint density at radius 3 is 2.31 bits per heavy atom. The van der Waals surface area contributed by atoms with Crippen molar-refractivity contribution < 1.29 is 12.6 Å². The average molecular weight is 378 g/mol. The highest BCUT2D eigenvalue weighted by Gasteiger charge is 2.22. The first-order valence-corrected chi connectivity index (χ1v) is 11.2. The normalized spacial score (nSPS) is 11.8. The van der Waals surface area contributed by atoms with Gasteiger partial charge in [-0.1, -0.05) is 75.8 Å². The minimum absolute atomic E-state index is 0.241. The molecule has 26 heavy (non-hydrogen) atoms. The number of unbranched alkanes of at least 4 members (excludes halogenated alkanes) is 6. The zero-order chi connectivity index (χ0) is 18.8. The molecule has 0 unspecified atom stereocenters. The maximum atomic E-state index is 12.9. The first-order chi connectivity index (χ1) is 12.6. The molecule has 0 radical (unpaired) electrons. The lowest BCUT2D eigenvalue weighted by atomic mass is 10.1. The molecule has 144 valence electrons. The fourth-order valence-electron chi connectivity index (χ4n) is 3.13. The molecule has 0 atom stereocenters. The number of hydrogen-bond donors (Lipinski definition) is 1. The van der Waals surface area contributed by atoms with Gasteiger partial charge in [0.05, 0.1) is 12.3 Å². The third-order valence-corrected chi connectivity index (χ3v) is 5.90. The van der Waals surface area contributed by atoms with Gasteiger partial charge in [0.2, 0.25) is 0 Å². The van der Waals surface area contributed by atoms with Crippen LogP contribution in [0.5, 0.6) is 0 Å². The van der Waals surface area contributed by atoms with Gasteiger partial charge in [-0.15, -0.1) is 0 Å². The Morgan fingerprint density at radius 1 is 0.885 bits per heavy atom. The predicted octanol–water partition coefficient (Wildman–Crippen LogP) is 5.73. The summed E-state index contributed by atoms with van der Waals surface area (Å²) in [4.78, 5) is 0.250. The molecule has 0 aliphatic heterocycles. The number of rotatable bonds is 12. The van der Waals surface area contributed by atoms with Crippen LogP contribution in [0.2, 0.25) is 0 Å². The molecule has 0 spiro atoms. The van der Waals surface area contributed by atoms with Gasteiger partial charge in [-0.05, 0) is 24.8 Å². The third-order valence-electron chi connectivity index (χ3n) is 4.48. The van der Waals surface area contributed by atoms with E-state index < -0.39 is 10.1 Å². The number of nitrogens with one attached hydrogen (secondary N) is 1. The second-order valence-corrected chi connectivity index (χ2v) is 8.14. The van der Waals surface area contributed by atoms with E-state index in [4.69, 9.17) is 4.18 Å². The summed E-state index contributed by atoms with van der Waals surface area (Å²) in [5.74, 6) is 0.